The van der Waals surface area contributed by atoms with Gasteiger partial charge in [-0.2, -0.15) is 0 Å². The Morgan fingerprint density at radius 1 is 1.58 bits per heavy atom. The summed E-state index contributed by atoms with van der Waals surface area (Å²) in [6.45, 7) is 4.38. The van der Waals surface area contributed by atoms with Crippen molar-refractivity contribution >= 4 is 16.8 Å². The molecule has 0 saturated heterocycles. The Morgan fingerprint density at radius 2 is 2.33 bits per heavy atom. The van der Waals surface area contributed by atoms with Crippen LogP contribution in [0.25, 0.3) is 0 Å². The molecule has 1 fully saturated rings. The van der Waals surface area contributed by atoms with Crippen LogP contribution in [0.15, 0.2) is 17.1 Å². The number of rotatable bonds is 2. The first-order chi connectivity index (χ1) is 5.81. The molecule has 0 aromatic heterocycles. The highest BCUT2D eigenvalue weighted by Gasteiger charge is 2.39. The van der Waals surface area contributed by atoms with Gasteiger partial charge >= 0.3 is 0 Å². The number of hydrogen-bond acceptors (Lipinski definition) is 2. The van der Waals surface area contributed by atoms with Crippen LogP contribution in [-0.4, -0.2) is 16.8 Å². The second-order valence-electron chi connectivity index (χ2n) is 3.69. The molecule has 0 aromatic rings. The van der Waals surface area contributed by atoms with Gasteiger partial charge in [0.2, 0.25) is 0 Å². The maximum atomic E-state index is 4.68. The van der Waals surface area contributed by atoms with Gasteiger partial charge in [0, 0.05) is 11.7 Å². The summed E-state index contributed by atoms with van der Waals surface area (Å²) in [6, 6.07) is 0.475. The van der Waals surface area contributed by atoms with Crippen molar-refractivity contribution in [2.24, 2.45) is 16.8 Å². The molecule has 0 spiro atoms. The van der Waals surface area contributed by atoms with E-state index in [9.17, 15) is 0 Å². The molecule has 3 atom stereocenters. The predicted octanol–water partition coefficient (Wildman–Crippen LogP) is 2.73. The molecule has 0 amide bonds. The van der Waals surface area contributed by atoms with E-state index < -0.39 is 0 Å². The van der Waals surface area contributed by atoms with Crippen LogP contribution >= 0.6 is 11.8 Å². The van der Waals surface area contributed by atoms with Crippen molar-refractivity contribution in [3.05, 3.63) is 12.2 Å². The molecule has 2 heteroatoms. The van der Waals surface area contributed by atoms with Crippen molar-refractivity contribution in [3.8, 4) is 0 Å². The number of hydrogen-bond donors (Lipinski definition) is 0. The van der Waals surface area contributed by atoms with E-state index in [-0.39, 0.29) is 0 Å². The standard InChI is InChI=1S/C10H15NS/c1-3-4-8-6-12-10(11-8)9-5-7(9)2/h3-4,7-9H,5-6H2,1-2H3/b4-3-/t7-,8+,9+/m0/s1. The van der Waals surface area contributed by atoms with Gasteiger partial charge in [0.25, 0.3) is 0 Å². The maximum Gasteiger partial charge on any atom is 0.0783 e. The average Bonchev–Trinajstić information content (AvgIpc) is 2.62. The minimum absolute atomic E-state index is 0.475. The van der Waals surface area contributed by atoms with Gasteiger partial charge in [0.15, 0.2) is 0 Å². The van der Waals surface area contributed by atoms with Gasteiger partial charge in [-0.25, -0.2) is 0 Å². The molecular weight excluding hydrogens is 166 g/mol. The van der Waals surface area contributed by atoms with Crippen molar-refractivity contribution in [3.63, 3.8) is 0 Å². The molecule has 66 valence electrons. The van der Waals surface area contributed by atoms with Gasteiger partial charge in [0.05, 0.1) is 11.1 Å². The number of thioether (sulfide) groups is 1. The van der Waals surface area contributed by atoms with E-state index in [1.807, 2.05) is 11.8 Å². The summed E-state index contributed by atoms with van der Waals surface area (Å²) in [5.41, 5.74) is 0. The topological polar surface area (TPSA) is 12.4 Å². The molecule has 0 N–H and O–H groups in total. The van der Waals surface area contributed by atoms with Gasteiger partial charge in [0.1, 0.15) is 0 Å². The van der Waals surface area contributed by atoms with Gasteiger partial charge in [-0.1, -0.05) is 19.1 Å². The fraction of sp³-hybridized carbons (Fsp3) is 0.700. The largest absolute Gasteiger partial charge is 0.274 e. The minimum Gasteiger partial charge on any atom is -0.274 e. The summed E-state index contributed by atoms with van der Waals surface area (Å²) in [4.78, 5) is 4.68. The molecule has 1 heterocycles. The molecular formula is C10H15NS. The molecule has 0 bridgehead atoms. The van der Waals surface area contributed by atoms with Crippen LogP contribution in [-0.2, 0) is 0 Å². The second kappa shape index (κ2) is 3.25. The van der Waals surface area contributed by atoms with Crippen LogP contribution in [0.4, 0.5) is 0 Å². The molecule has 0 aromatic carbocycles. The Balaban J connectivity index is 1.96. The molecule has 2 rings (SSSR count). The second-order valence-corrected chi connectivity index (χ2v) is 4.73. The zero-order valence-corrected chi connectivity index (χ0v) is 8.47. The maximum absolute atomic E-state index is 4.68. The summed E-state index contributed by atoms with van der Waals surface area (Å²) in [6.07, 6.45) is 5.68. The highest BCUT2D eigenvalue weighted by atomic mass is 32.2. The average molecular weight is 181 g/mol. The molecule has 1 saturated carbocycles. The summed E-state index contributed by atoms with van der Waals surface area (Å²) in [5, 5.41) is 1.42. The van der Waals surface area contributed by atoms with Gasteiger partial charge in [-0.15, -0.1) is 11.8 Å². The zero-order valence-electron chi connectivity index (χ0n) is 7.66. The Kier molecular flexibility index (Phi) is 2.26. The van der Waals surface area contributed by atoms with Crippen LogP contribution in [0.2, 0.25) is 0 Å². The third-order valence-electron chi connectivity index (χ3n) is 2.54. The Labute approximate surface area is 78.3 Å². The summed E-state index contributed by atoms with van der Waals surface area (Å²) in [5.74, 6) is 2.90. The lowest BCUT2D eigenvalue weighted by atomic mass is 10.3. The highest BCUT2D eigenvalue weighted by Crippen LogP contribution is 2.44. The lowest BCUT2D eigenvalue weighted by Gasteiger charge is -1.93. The van der Waals surface area contributed by atoms with Crippen molar-refractivity contribution < 1.29 is 0 Å². The van der Waals surface area contributed by atoms with E-state index in [1.165, 1.54) is 17.2 Å². The first kappa shape index (κ1) is 8.36. The smallest absolute Gasteiger partial charge is 0.0783 e. The number of nitrogens with zero attached hydrogens (tertiary/aromatic N) is 1. The quantitative estimate of drug-likeness (QED) is 0.597. The van der Waals surface area contributed by atoms with Crippen molar-refractivity contribution in [2.45, 2.75) is 26.3 Å². The Bertz CT molecular complexity index is 232. The minimum atomic E-state index is 0.475. The molecule has 2 aliphatic rings. The van der Waals surface area contributed by atoms with Gasteiger partial charge in [-0.3, -0.25) is 4.99 Å². The monoisotopic (exact) mass is 181 g/mol. The van der Waals surface area contributed by atoms with Crippen LogP contribution < -0.4 is 0 Å². The Morgan fingerprint density at radius 3 is 2.92 bits per heavy atom. The molecule has 1 aliphatic heterocycles. The van der Waals surface area contributed by atoms with Crippen LogP contribution in [0.5, 0.6) is 0 Å². The van der Waals surface area contributed by atoms with Crippen molar-refractivity contribution in [1.29, 1.82) is 0 Å². The van der Waals surface area contributed by atoms with Gasteiger partial charge in [-0.05, 0) is 19.3 Å². The third kappa shape index (κ3) is 1.58. The summed E-state index contributed by atoms with van der Waals surface area (Å²) >= 11 is 1.96. The molecule has 1 aliphatic carbocycles. The SMILES string of the molecule is C/C=C\[C@@H]1CSC([C@@H]2C[C@@H]2C)=N1. The van der Waals surface area contributed by atoms with Crippen LogP contribution in [0, 0.1) is 11.8 Å². The third-order valence-corrected chi connectivity index (χ3v) is 3.75. The number of aliphatic imine (C=N–C) groups is 1. The predicted molar refractivity (Wildman–Crippen MR) is 55.8 cm³/mol. The van der Waals surface area contributed by atoms with E-state index in [4.69, 9.17) is 0 Å². The number of allylic oxidation sites excluding steroid dienone is 1. The normalized spacial score (nSPS) is 40.5. The fourth-order valence-electron chi connectivity index (χ4n) is 1.60. The zero-order chi connectivity index (χ0) is 8.55. The van der Waals surface area contributed by atoms with Crippen molar-refractivity contribution in [2.75, 3.05) is 5.75 Å². The summed E-state index contributed by atoms with van der Waals surface area (Å²) < 4.78 is 0. The fourth-order valence-corrected chi connectivity index (χ4v) is 2.88. The Hall–Kier alpha value is -0.240. The molecule has 1 nitrogen and oxygen atoms in total. The van der Waals surface area contributed by atoms with Crippen molar-refractivity contribution in [1.82, 2.24) is 0 Å². The van der Waals surface area contributed by atoms with E-state index >= 15 is 0 Å². The summed E-state index contributed by atoms with van der Waals surface area (Å²) in [7, 11) is 0. The first-order valence-electron chi connectivity index (χ1n) is 4.64. The highest BCUT2D eigenvalue weighted by molar-refractivity contribution is 8.14. The molecule has 12 heavy (non-hydrogen) atoms. The molecule has 0 radical (unpaired) electrons. The lowest BCUT2D eigenvalue weighted by molar-refractivity contribution is 0.910. The van der Waals surface area contributed by atoms with E-state index in [0.717, 1.165) is 11.8 Å². The van der Waals surface area contributed by atoms with Gasteiger partial charge < -0.3 is 0 Å². The molecule has 0 unspecified atom stereocenters. The van der Waals surface area contributed by atoms with E-state index in [0.29, 0.717) is 6.04 Å². The first-order valence-corrected chi connectivity index (χ1v) is 5.63. The van der Waals surface area contributed by atoms with Crippen LogP contribution in [0.1, 0.15) is 20.3 Å². The van der Waals surface area contributed by atoms with E-state index in [1.54, 1.807) is 0 Å². The van der Waals surface area contributed by atoms with E-state index in [2.05, 4.69) is 31.0 Å². The lowest BCUT2D eigenvalue weighted by Crippen LogP contribution is -1.96. The van der Waals surface area contributed by atoms with Crippen LogP contribution in [0.3, 0.4) is 0 Å².